The molecule has 1 atom stereocenters. The number of aromatic nitrogens is 4. The van der Waals surface area contributed by atoms with Gasteiger partial charge in [0.15, 0.2) is 5.82 Å². The minimum Gasteiger partial charge on any atom is -0.355 e. The topological polar surface area (TPSA) is 157 Å². The molecule has 17 heteroatoms. The van der Waals surface area contributed by atoms with Crippen LogP contribution in [0.25, 0.3) is 16.8 Å². The molecule has 0 bridgehead atoms. The first-order valence-electron chi connectivity index (χ1n) is 22.9. The van der Waals surface area contributed by atoms with E-state index in [1.165, 1.54) is 0 Å². The number of hydrogen-bond acceptors (Lipinski definition) is 10. The third kappa shape index (κ3) is 7.60. The number of carbonyl (C=O) groups excluding carboxylic acids is 5. The number of anilines is 4. The summed E-state index contributed by atoms with van der Waals surface area (Å²) >= 11 is 0. The molecule has 2 saturated heterocycles. The van der Waals surface area contributed by atoms with Crippen LogP contribution in [-0.2, 0) is 40.3 Å². The number of nitrogens with zero attached hydrogens (tertiary/aromatic N) is 8. The zero-order valence-corrected chi connectivity index (χ0v) is 36.9. The van der Waals surface area contributed by atoms with E-state index in [0.29, 0.717) is 42.9 Å². The third-order valence-electron chi connectivity index (χ3n) is 14.1. The Morgan fingerprint density at radius 3 is 2.49 bits per heavy atom. The van der Waals surface area contributed by atoms with Gasteiger partial charge in [0.1, 0.15) is 11.7 Å². The van der Waals surface area contributed by atoms with Crippen molar-refractivity contribution in [2.75, 3.05) is 36.4 Å². The van der Waals surface area contributed by atoms with Crippen molar-refractivity contribution in [2.45, 2.75) is 83.5 Å². The predicted octanol–water partition coefficient (Wildman–Crippen LogP) is 7.11. The summed E-state index contributed by atoms with van der Waals surface area (Å²) in [4.78, 5) is 75.6. The molecule has 0 spiro atoms. The van der Waals surface area contributed by atoms with Gasteiger partial charge in [-0.15, -0.1) is 0 Å². The number of halogens is 2. The number of benzene rings is 3. The Bertz CT molecular complexity index is 3010. The highest BCUT2D eigenvalue weighted by molar-refractivity contribution is 6.25. The van der Waals surface area contributed by atoms with Gasteiger partial charge in [0.2, 0.25) is 17.7 Å². The van der Waals surface area contributed by atoms with Crippen molar-refractivity contribution < 1.29 is 32.8 Å². The summed E-state index contributed by atoms with van der Waals surface area (Å²) in [5, 5.41) is 10.9. The van der Waals surface area contributed by atoms with Crippen molar-refractivity contribution in [3.63, 3.8) is 0 Å². The van der Waals surface area contributed by atoms with Gasteiger partial charge < -0.3 is 19.5 Å². The number of nitrogens with one attached hydrogen (secondary N) is 2. The lowest BCUT2D eigenvalue weighted by atomic mass is 9.92. The average Bonchev–Trinajstić information content (AvgIpc) is 4.03. The lowest BCUT2D eigenvalue weighted by Gasteiger charge is -2.34. The third-order valence-corrected chi connectivity index (χ3v) is 14.1. The van der Waals surface area contributed by atoms with E-state index >= 15 is 0 Å². The van der Waals surface area contributed by atoms with E-state index < -0.39 is 36.1 Å². The Balaban J connectivity index is 0.794. The second-order valence-corrected chi connectivity index (χ2v) is 18.1. The van der Waals surface area contributed by atoms with Gasteiger partial charge in [0, 0.05) is 99.3 Å². The summed E-state index contributed by atoms with van der Waals surface area (Å²) < 4.78 is 34.0. The Labute approximate surface area is 384 Å². The van der Waals surface area contributed by atoms with E-state index in [2.05, 4.69) is 30.1 Å². The predicted molar refractivity (Wildman–Crippen MR) is 244 cm³/mol. The number of amides is 5. The Kier molecular flexibility index (Phi) is 10.7. The largest absolute Gasteiger partial charge is 0.355 e. The Morgan fingerprint density at radius 2 is 1.72 bits per heavy atom. The van der Waals surface area contributed by atoms with E-state index in [1.807, 2.05) is 64.2 Å². The molecule has 3 aromatic heterocycles. The number of alkyl halides is 2. The molecule has 5 aliphatic rings. The Morgan fingerprint density at radius 1 is 0.896 bits per heavy atom. The summed E-state index contributed by atoms with van der Waals surface area (Å²) in [5.74, 6) is -1.47. The van der Waals surface area contributed by atoms with Gasteiger partial charge in [-0.2, -0.15) is 5.10 Å². The van der Waals surface area contributed by atoms with Crippen molar-refractivity contribution in [1.29, 1.82) is 0 Å². The SMILES string of the molecule is CC(=O)N1CCc2c(c(N3CCCc4cc(-c5ccc6nccn6c5)c(C(F)F)cc43)nn2C2CCN(Cc3ccc(Nc4cccc5c4C(=O)N(C4CCC(=O)NC4=O)C5=O)cc3)CC2)C1. The second kappa shape index (κ2) is 16.9. The molecule has 2 N–H and O–H groups in total. The van der Waals surface area contributed by atoms with Crippen LogP contribution >= 0.6 is 0 Å². The van der Waals surface area contributed by atoms with E-state index in [4.69, 9.17) is 5.10 Å². The highest BCUT2D eigenvalue weighted by Gasteiger charge is 2.46. The van der Waals surface area contributed by atoms with Crippen LogP contribution in [0.2, 0.25) is 0 Å². The number of imidazole rings is 1. The monoisotopic (exact) mass is 906 g/mol. The van der Waals surface area contributed by atoms with Gasteiger partial charge >= 0.3 is 0 Å². The van der Waals surface area contributed by atoms with Crippen molar-refractivity contribution in [3.05, 3.63) is 124 Å². The number of piperidine rings is 2. The molecule has 342 valence electrons. The summed E-state index contributed by atoms with van der Waals surface area (Å²) in [5.41, 5.74) is 8.45. The molecule has 67 heavy (non-hydrogen) atoms. The van der Waals surface area contributed by atoms with E-state index in [-0.39, 0.29) is 41.5 Å². The first kappa shape index (κ1) is 42.4. The fourth-order valence-electron chi connectivity index (χ4n) is 10.6. The van der Waals surface area contributed by atoms with Crippen LogP contribution in [0, 0.1) is 0 Å². The van der Waals surface area contributed by atoms with E-state index in [9.17, 15) is 32.8 Å². The van der Waals surface area contributed by atoms with Gasteiger partial charge in [-0.05, 0) is 103 Å². The maximum absolute atomic E-state index is 15.0. The highest BCUT2D eigenvalue weighted by atomic mass is 19.3. The molecular formula is C50H48F2N10O5. The number of pyridine rings is 1. The van der Waals surface area contributed by atoms with Crippen LogP contribution < -0.4 is 15.5 Å². The highest BCUT2D eigenvalue weighted by Crippen LogP contribution is 2.44. The van der Waals surface area contributed by atoms with Crippen LogP contribution in [0.5, 0.6) is 0 Å². The number of likely N-dealkylation sites (tertiary alicyclic amines) is 1. The van der Waals surface area contributed by atoms with Crippen LogP contribution in [0.15, 0.2) is 85.3 Å². The fourth-order valence-corrected chi connectivity index (χ4v) is 10.6. The van der Waals surface area contributed by atoms with Crippen LogP contribution in [0.3, 0.4) is 0 Å². The van der Waals surface area contributed by atoms with Gasteiger partial charge in [0.05, 0.1) is 29.4 Å². The first-order chi connectivity index (χ1) is 32.5. The van der Waals surface area contributed by atoms with Crippen molar-refractivity contribution in [3.8, 4) is 11.1 Å². The fraction of sp³-hybridized carbons (Fsp3) is 0.340. The van der Waals surface area contributed by atoms with Crippen molar-refractivity contribution >= 4 is 58.1 Å². The zero-order chi connectivity index (χ0) is 46.1. The zero-order valence-electron chi connectivity index (χ0n) is 36.9. The number of carbonyl (C=O) groups is 5. The first-order valence-corrected chi connectivity index (χ1v) is 22.9. The van der Waals surface area contributed by atoms with Gasteiger partial charge in [-0.1, -0.05) is 18.2 Å². The van der Waals surface area contributed by atoms with Gasteiger partial charge in [0.25, 0.3) is 18.2 Å². The second-order valence-electron chi connectivity index (χ2n) is 18.1. The molecule has 2 fully saturated rings. The van der Waals surface area contributed by atoms with E-state index in [0.717, 1.165) is 95.4 Å². The molecule has 15 nitrogen and oxygen atoms in total. The van der Waals surface area contributed by atoms with Crippen LogP contribution in [0.1, 0.15) is 100 Å². The van der Waals surface area contributed by atoms with Crippen LogP contribution in [0.4, 0.5) is 31.7 Å². The molecule has 5 amide bonds. The molecule has 11 rings (SSSR count). The maximum Gasteiger partial charge on any atom is 0.264 e. The number of imide groups is 2. The van der Waals surface area contributed by atoms with Crippen LogP contribution in [-0.4, -0.2) is 95.6 Å². The number of hydrogen-bond donors (Lipinski definition) is 2. The quantitative estimate of drug-likeness (QED) is 0.143. The maximum atomic E-state index is 15.0. The molecule has 0 radical (unpaired) electrons. The van der Waals surface area contributed by atoms with E-state index in [1.54, 1.807) is 37.4 Å². The molecule has 5 aliphatic heterocycles. The molecule has 1 unspecified atom stereocenters. The van der Waals surface area contributed by atoms with Gasteiger partial charge in [-0.3, -0.25) is 43.8 Å². The molecule has 3 aromatic carbocycles. The lowest BCUT2D eigenvalue weighted by molar-refractivity contribution is -0.136. The lowest BCUT2D eigenvalue weighted by Crippen LogP contribution is -2.54. The molecule has 8 heterocycles. The molecule has 0 aliphatic carbocycles. The molecule has 6 aromatic rings. The summed E-state index contributed by atoms with van der Waals surface area (Å²) in [7, 11) is 0. The molecule has 0 saturated carbocycles. The van der Waals surface area contributed by atoms with Crippen molar-refractivity contribution in [1.82, 2.24) is 39.2 Å². The standard InChI is InChI=1S/C50H48F2N10O5/c1-29(63)58-22-17-40-38(28-58)47(60-19-3-4-31-24-36(37(46(51)52)25-42(31)60)32-9-13-43-53-18-23-59(43)27-32)56-62(40)34-15-20-57(21-16-34)26-30-7-10-33(11-8-30)54-39-6-2-5-35-45(39)50(67)61(49(35)66)41-12-14-44(64)55-48(41)65/h2,5-11,13,18,23-25,27,34,41,46,54H,3-4,12,14-17,19-22,26,28H2,1H3,(H,55,64,65). The smallest absolute Gasteiger partial charge is 0.264 e. The Hall–Kier alpha value is -7.27. The summed E-state index contributed by atoms with van der Waals surface area (Å²) in [6.45, 7) is 5.62. The number of fused-ring (bicyclic) bond motifs is 4. The minimum absolute atomic E-state index is 0.00598. The van der Waals surface area contributed by atoms with Crippen molar-refractivity contribution in [2.24, 2.45) is 0 Å². The number of rotatable bonds is 9. The number of aryl methyl sites for hydroxylation is 1. The normalized spacial score (nSPS) is 19.0. The summed E-state index contributed by atoms with van der Waals surface area (Å²) in [6.07, 6.45) is 6.75. The molecular weight excluding hydrogens is 859 g/mol. The average molecular weight is 907 g/mol. The summed E-state index contributed by atoms with van der Waals surface area (Å²) in [6, 6.07) is 19.3. The van der Waals surface area contributed by atoms with Gasteiger partial charge in [-0.25, -0.2) is 13.8 Å². The minimum atomic E-state index is -2.70.